The lowest BCUT2D eigenvalue weighted by Crippen LogP contribution is -2.30. The van der Waals surface area contributed by atoms with Crippen molar-refractivity contribution >= 4 is 21.8 Å². The highest BCUT2D eigenvalue weighted by atomic mass is 79.9. The van der Waals surface area contributed by atoms with Crippen molar-refractivity contribution in [3.05, 3.63) is 0 Å². The van der Waals surface area contributed by atoms with E-state index in [0.717, 1.165) is 25.8 Å². The molecule has 0 aromatic carbocycles. The van der Waals surface area contributed by atoms with Crippen LogP contribution in [0.5, 0.6) is 0 Å². The Kier molecular flexibility index (Phi) is 7.33. The van der Waals surface area contributed by atoms with Crippen LogP contribution in [0.3, 0.4) is 0 Å². The Morgan fingerprint density at radius 1 is 1.38 bits per heavy atom. The fraction of sp³-hybridized carbons (Fsp3) is 0.900. The summed E-state index contributed by atoms with van der Waals surface area (Å²) in [6.45, 7) is 6.91. The van der Waals surface area contributed by atoms with Crippen LogP contribution >= 0.6 is 15.9 Å². The lowest BCUT2D eigenvalue weighted by molar-refractivity contribution is -0.124. The van der Waals surface area contributed by atoms with E-state index in [0.29, 0.717) is 4.83 Å². The Balaban J connectivity index is 3.47. The van der Waals surface area contributed by atoms with Gasteiger partial charge in [-0.05, 0) is 19.3 Å². The van der Waals surface area contributed by atoms with Crippen molar-refractivity contribution in [2.24, 2.45) is 5.92 Å². The van der Waals surface area contributed by atoms with Crippen molar-refractivity contribution in [3.8, 4) is 0 Å². The third-order valence-corrected chi connectivity index (χ3v) is 3.37. The van der Waals surface area contributed by atoms with Gasteiger partial charge >= 0.3 is 0 Å². The summed E-state index contributed by atoms with van der Waals surface area (Å²) in [6, 6.07) is 0. The SMILES string of the molecule is CCC(Br)CCNC(=O)C(C)CC. The maximum atomic E-state index is 11.3. The molecule has 0 saturated heterocycles. The zero-order valence-corrected chi connectivity index (χ0v) is 10.4. The van der Waals surface area contributed by atoms with E-state index in [1.807, 2.05) is 13.8 Å². The molecule has 0 radical (unpaired) electrons. The van der Waals surface area contributed by atoms with Crippen LogP contribution in [0.2, 0.25) is 0 Å². The number of hydrogen-bond donors (Lipinski definition) is 1. The summed E-state index contributed by atoms with van der Waals surface area (Å²) in [7, 11) is 0. The number of carbonyl (C=O) groups excluding carboxylic acids is 1. The smallest absolute Gasteiger partial charge is 0.222 e. The first-order valence-corrected chi connectivity index (χ1v) is 5.95. The zero-order valence-electron chi connectivity index (χ0n) is 8.77. The van der Waals surface area contributed by atoms with Gasteiger partial charge in [-0.1, -0.05) is 36.7 Å². The number of hydrogen-bond acceptors (Lipinski definition) is 1. The Hall–Kier alpha value is -0.0500. The summed E-state index contributed by atoms with van der Waals surface area (Å²) in [5, 5.41) is 2.93. The molecule has 0 aromatic heterocycles. The van der Waals surface area contributed by atoms with Crippen LogP contribution in [-0.4, -0.2) is 17.3 Å². The first-order chi connectivity index (χ1) is 6.11. The monoisotopic (exact) mass is 249 g/mol. The third-order valence-electron chi connectivity index (χ3n) is 2.26. The lowest BCUT2D eigenvalue weighted by atomic mass is 10.1. The fourth-order valence-corrected chi connectivity index (χ4v) is 1.14. The molecule has 0 spiro atoms. The highest BCUT2D eigenvalue weighted by Crippen LogP contribution is 2.08. The van der Waals surface area contributed by atoms with Crippen molar-refractivity contribution < 1.29 is 4.79 Å². The Morgan fingerprint density at radius 3 is 2.46 bits per heavy atom. The van der Waals surface area contributed by atoms with Crippen LogP contribution in [0.25, 0.3) is 0 Å². The van der Waals surface area contributed by atoms with Crippen molar-refractivity contribution in [2.45, 2.75) is 44.9 Å². The molecule has 0 aliphatic heterocycles. The maximum Gasteiger partial charge on any atom is 0.222 e. The molecule has 0 heterocycles. The fourth-order valence-electron chi connectivity index (χ4n) is 0.916. The molecule has 2 atom stereocenters. The first kappa shape index (κ1) is 12.9. The molecule has 13 heavy (non-hydrogen) atoms. The van der Waals surface area contributed by atoms with Crippen LogP contribution in [0.15, 0.2) is 0 Å². The minimum Gasteiger partial charge on any atom is -0.356 e. The molecule has 0 aliphatic carbocycles. The van der Waals surface area contributed by atoms with E-state index in [1.165, 1.54) is 0 Å². The highest BCUT2D eigenvalue weighted by molar-refractivity contribution is 9.09. The topological polar surface area (TPSA) is 29.1 Å². The van der Waals surface area contributed by atoms with Gasteiger partial charge in [-0.25, -0.2) is 0 Å². The molecule has 0 rings (SSSR count). The second kappa shape index (κ2) is 7.36. The second-order valence-corrected chi connectivity index (χ2v) is 4.69. The molecule has 0 saturated carbocycles. The third kappa shape index (κ3) is 6.08. The van der Waals surface area contributed by atoms with Gasteiger partial charge in [-0.15, -0.1) is 0 Å². The molecule has 1 amide bonds. The molecule has 0 fully saturated rings. The predicted molar refractivity (Wildman–Crippen MR) is 60.1 cm³/mol. The minimum absolute atomic E-state index is 0.149. The molecule has 0 aromatic rings. The summed E-state index contributed by atoms with van der Waals surface area (Å²) < 4.78 is 0. The van der Waals surface area contributed by atoms with E-state index in [9.17, 15) is 4.79 Å². The van der Waals surface area contributed by atoms with Gasteiger partial charge in [-0.3, -0.25) is 4.79 Å². The van der Waals surface area contributed by atoms with Crippen molar-refractivity contribution in [3.63, 3.8) is 0 Å². The number of nitrogens with one attached hydrogen (secondary N) is 1. The van der Waals surface area contributed by atoms with Gasteiger partial charge in [0, 0.05) is 17.3 Å². The van der Waals surface area contributed by atoms with Gasteiger partial charge in [0.05, 0.1) is 0 Å². The van der Waals surface area contributed by atoms with Gasteiger partial charge in [0.1, 0.15) is 0 Å². The molecule has 2 nitrogen and oxygen atoms in total. The second-order valence-electron chi connectivity index (χ2n) is 3.39. The van der Waals surface area contributed by atoms with Gasteiger partial charge in [0.25, 0.3) is 0 Å². The molecule has 78 valence electrons. The number of alkyl halides is 1. The van der Waals surface area contributed by atoms with E-state index in [4.69, 9.17) is 0 Å². The number of carbonyl (C=O) groups is 1. The molecule has 3 heteroatoms. The van der Waals surface area contributed by atoms with E-state index < -0.39 is 0 Å². The van der Waals surface area contributed by atoms with E-state index >= 15 is 0 Å². The van der Waals surface area contributed by atoms with E-state index in [1.54, 1.807) is 0 Å². The first-order valence-electron chi connectivity index (χ1n) is 5.03. The summed E-state index contributed by atoms with van der Waals surface area (Å²) >= 11 is 3.53. The predicted octanol–water partition coefficient (Wildman–Crippen LogP) is 2.71. The van der Waals surface area contributed by atoms with E-state index in [-0.39, 0.29) is 11.8 Å². The van der Waals surface area contributed by atoms with Crippen LogP contribution in [0, 0.1) is 5.92 Å². The number of halogens is 1. The molecular formula is C10H20BrNO. The van der Waals surface area contributed by atoms with E-state index in [2.05, 4.69) is 28.2 Å². The van der Waals surface area contributed by atoms with Gasteiger partial charge < -0.3 is 5.32 Å². The molecule has 0 aliphatic rings. The molecular weight excluding hydrogens is 230 g/mol. The molecule has 2 unspecified atom stereocenters. The molecule has 1 N–H and O–H groups in total. The summed E-state index contributed by atoms with van der Waals surface area (Å²) in [5.41, 5.74) is 0. The largest absolute Gasteiger partial charge is 0.356 e. The van der Waals surface area contributed by atoms with Crippen LogP contribution < -0.4 is 5.32 Å². The average molecular weight is 250 g/mol. The Morgan fingerprint density at radius 2 is 2.00 bits per heavy atom. The summed E-state index contributed by atoms with van der Waals surface area (Å²) in [4.78, 5) is 11.8. The van der Waals surface area contributed by atoms with Gasteiger partial charge in [-0.2, -0.15) is 0 Å². The van der Waals surface area contributed by atoms with Gasteiger partial charge in [0.15, 0.2) is 0 Å². The Bertz CT molecular complexity index is 150. The van der Waals surface area contributed by atoms with Gasteiger partial charge in [0.2, 0.25) is 5.91 Å². The molecule has 0 bridgehead atoms. The maximum absolute atomic E-state index is 11.3. The number of rotatable bonds is 6. The van der Waals surface area contributed by atoms with Crippen LogP contribution in [0.1, 0.15) is 40.0 Å². The minimum atomic E-state index is 0.149. The van der Waals surface area contributed by atoms with Crippen molar-refractivity contribution in [1.29, 1.82) is 0 Å². The summed E-state index contributed by atoms with van der Waals surface area (Å²) in [6.07, 6.45) is 3.04. The lowest BCUT2D eigenvalue weighted by Gasteiger charge is -2.11. The zero-order chi connectivity index (χ0) is 10.3. The normalized spacial score (nSPS) is 15.1. The standard InChI is InChI=1S/C10H20BrNO/c1-4-8(3)10(13)12-7-6-9(11)5-2/h8-9H,4-7H2,1-3H3,(H,12,13). The highest BCUT2D eigenvalue weighted by Gasteiger charge is 2.09. The Labute approximate surface area is 89.6 Å². The van der Waals surface area contributed by atoms with Crippen molar-refractivity contribution in [1.82, 2.24) is 5.32 Å². The van der Waals surface area contributed by atoms with Crippen LogP contribution in [-0.2, 0) is 4.79 Å². The van der Waals surface area contributed by atoms with Crippen LogP contribution in [0.4, 0.5) is 0 Å². The quantitative estimate of drug-likeness (QED) is 0.721. The number of amides is 1. The average Bonchev–Trinajstić information content (AvgIpc) is 2.15. The summed E-state index contributed by atoms with van der Waals surface area (Å²) in [5.74, 6) is 0.328. The van der Waals surface area contributed by atoms with Crippen molar-refractivity contribution in [2.75, 3.05) is 6.54 Å².